The number of amides is 1. The molecule has 4 heterocycles. The number of halogens is 2. The van der Waals surface area contributed by atoms with Crippen molar-refractivity contribution in [3.8, 4) is 0 Å². The van der Waals surface area contributed by atoms with Gasteiger partial charge in [0.1, 0.15) is 27.8 Å². The summed E-state index contributed by atoms with van der Waals surface area (Å²) in [5.41, 5.74) is -2.22. The summed E-state index contributed by atoms with van der Waals surface area (Å²) in [6.07, 6.45) is 15.6. The number of H-pyrrole nitrogens is 1. The molecule has 0 radical (unpaired) electrons. The first kappa shape index (κ1) is 40.6. The SMILES string of the molecule is CCC1CCC(=O)C2=C(O)[C@]3(CC)C(C=CC4C3CC[C@H](C)[C@@H]4OC3OC3=C(C)NC(=O)c3[nH]c(Cl)cc3Cl)C/C=C/C/C=C/[C@@](C)(/C=C\1C(=O)O)OC2=O. The number of aliphatic hydroxyl groups is 1. The number of carboxylic acid groups (broad SMARTS) is 1. The molecule has 0 spiro atoms. The molecule has 3 aliphatic heterocycles. The molecule has 55 heavy (non-hydrogen) atoms. The maximum absolute atomic E-state index is 14.3. The molecule has 13 heteroatoms. The number of aromatic amines is 1. The van der Waals surface area contributed by atoms with Gasteiger partial charge in [-0.2, -0.15) is 0 Å². The number of ketones is 1. The third kappa shape index (κ3) is 7.98. The lowest BCUT2D eigenvalue weighted by atomic mass is 9.51. The molecule has 1 aromatic heterocycles. The molecule has 9 atom stereocenters. The topological polar surface area (TPSA) is 168 Å². The first-order chi connectivity index (χ1) is 26.1. The van der Waals surface area contributed by atoms with Gasteiger partial charge in [-0.15, -0.1) is 0 Å². The van der Waals surface area contributed by atoms with Crippen molar-refractivity contribution < 1.29 is 43.6 Å². The summed E-state index contributed by atoms with van der Waals surface area (Å²) < 4.78 is 18.6. The first-order valence-electron chi connectivity index (χ1n) is 19.2. The number of rotatable bonds is 7. The van der Waals surface area contributed by atoms with E-state index >= 15 is 0 Å². The Bertz CT molecular complexity index is 1920. The number of aliphatic carboxylic acids is 1. The summed E-state index contributed by atoms with van der Waals surface area (Å²) in [7, 11) is 0. The smallest absolute Gasteiger partial charge is 0.346 e. The maximum atomic E-state index is 14.3. The van der Waals surface area contributed by atoms with E-state index in [0.717, 1.165) is 6.42 Å². The zero-order chi connectivity index (χ0) is 39.8. The summed E-state index contributed by atoms with van der Waals surface area (Å²) in [5.74, 6) is -4.03. The number of aliphatic hydroxyl groups excluding tert-OH is 1. The molecular weight excluding hydrogens is 747 g/mol. The minimum atomic E-state index is -1.50. The van der Waals surface area contributed by atoms with Crippen LogP contribution in [0.15, 0.2) is 77.0 Å². The molecule has 2 fully saturated rings. The summed E-state index contributed by atoms with van der Waals surface area (Å²) in [6.45, 7) is 9.27. The number of hydrogen-bond acceptors (Lipinski definition) is 8. The normalized spacial score (nSPS) is 36.6. The summed E-state index contributed by atoms with van der Waals surface area (Å²) >= 11 is 12.1. The highest BCUT2D eigenvalue weighted by molar-refractivity contribution is 6.36. The highest BCUT2D eigenvalue weighted by Crippen LogP contribution is 2.59. The van der Waals surface area contributed by atoms with Gasteiger partial charge < -0.3 is 34.7 Å². The highest BCUT2D eigenvalue weighted by Gasteiger charge is 2.57. The number of aromatic nitrogens is 1. The Balaban J connectivity index is 1.38. The molecular formula is C42H50Cl2N2O9. The lowest BCUT2D eigenvalue weighted by Crippen LogP contribution is -2.52. The predicted molar refractivity (Wildman–Crippen MR) is 207 cm³/mol. The van der Waals surface area contributed by atoms with Crippen molar-refractivity contribution in [2.45, 2.75) is 104 Å². The standard InChI is InChI=1S/C42H50Cl2N2O9/c1-6-24-14-18-30(47)32-36(48)42(7-2)25(12-10-8-9-11-19-41(5,55-39(32)52)21-27(24)38(50)51)15-16-26-28(42)17-13-22(3)34(26)53-40-35(54-40)23(4)45-37(49)33-29(43)20-31(44)46-33/h8,10-11,15-16,19-22,24-26,28,34,40,46,48H,6-7,9,12-14,17-18H2,1-5H3,(H,45,49)(H,50,51)/b10-8+,19-11+,27-21+,35-23?,36-32?/t22-,24?,25?,26?,28?,34-,40?,41-,42+/m0/s1. The van der Waals surface area contributed by atoms with Crippen LogP contribution < -0.4 is 5.32 Å². The van der Waals surface area contributed by atoms with E-state index in [2.05, 4.69) is 35.5 Å². The van der Waals surface area contributed by atoms with E-state index in [1.807, 2.05) is 26.0 Å². The average Bonchev–Trinajstić information content (AvgIpc) is 3.82. The van der Waals surface area contributed by atoms with Crippen molar-refractivity contribution in [3.05, 3.63) is 92.8 Å². The fourth-order valence-electron chi connectivity index (χ4n) is 9.29. The van der Waals surface area contributed by atoms with Gasteiger partial charge in [0.25, 0.3) is 12.2 Å². The molecule has 2 aliphatic carbocycles. The lowest BCUT2D eigenvalue weighted by molar-refractivity contribution is -0.148. The van der Waals surface area contributed by atoms with Crippen molar-refractivity contribution >= 4 is 46.8 Å². The van der Waals surface area contributed by atoms with Gasteiger partial charge in [-0.3, -0.25) is 9.59 Å². The van der Waals surface area contributed by atoms with Crippen LogP contribution in [0.1, 0.15) is 96.5 Å². The van der Waals surface area contributed by atoms with Crippen LogP contribution >= 0.6 is 23.2 Å². The second kappa shape index (κ2) is 16.2. The fourth-order valence-corrected chi connectivity index (χ4v) is 9.79. The Morgan fingerprint density at radius 3 is 2.55 bits per heavy atom. The van der Waals surface area contributed by atoms with Gasteiger partial charge in [-0.1, -0.05) is 74.4 Å². The third-order valence-corrected chi connectivity index (χ3v) is 12.7. The number of fused-ring (bicyclic) bond motifs is 6. The van der Waals surface area contributed by atoms with Crippen LogP contribution in [0.25, 0.3) is 0 Å². The van der Waals surface area contributed by atoms with Crippen LogP contribution in [0.2, 0.25) is 10.2 Å². The number of nitrogens with one attached hydrogen (secondary N) is 2. The molecule has 1 saturated carbocycles. The molecule has 0 aromatic carbocycles. The molecule has 4 N–H and O–H groups in total. The van der Waals surface area contributed by atoms with Gasteiger partial charge >= 0.3 is 11.9 Å². The van der Waals surface area contributed by atoms with Crippen LogP contribution in [0, 0.1) is 35.0 Å². The molecule has 1 amide bonds. The Hall–Kier alpha value is -4.06. The highest BCUT2D eigenvalue weighted by atomic mass is 35.5. The van der Waals surface area contributed by atoms with Crippen molar-refractivity contribution in [3.63, 3.8) is 0 Å². The fraction of sp³-hybridized carbons (Fsp3) is 0.524. The monoisotopic (exact) mass is 796 g/mol. The lowest BCUT2D eigenvalue weighted by Gasteiger charge is -2.54. The van der Waals surface area contributed by atoms with Gasteiger partial charge in [0.05, 0.1) is 16.8 Å². The molecule has 5 aliphatic rings. The number of carboxylic acids is 1. The van der Waals surface area contributed by atoms with Crippen LogP contribution in [-0.4, -0.2) is 56.8 Å². The number of carbonyl (C=O) groups excluding carboxylic acids is 3. The van der Waals surface area contributed by atoms with E-state index in [4.69, 9.17) is 37.4 Å². The molecule has 5 unspecified atom stereocenters. The van der Waals surface area contributed by atoms with Crippen molar-refractivity contribution in [1.29, 1.82) is 0 Å². The second-order valence-electron chi connectivity index (χ2n) is 15.6. The Morgan fingerprint density at radius 1 is 1.11 bits per heavy atom. The molecule has 11 nitrogen and oxygen atoms in total. The van der Waals surface area contributed by atoms with Crippen molar-refractivity contribution in [2.24, 2.45) is 35.0 Å². The van der Waals surface area contributed by atoms with E-state index in [-0.39, 0.29) is 75.4 Å². The Kier molecular flexibility index (Phi) is 12.0. The van der Waals surface area contributed by atoms with Crippen LogP contribution in [0.4, 0.5) is 0 Å². The first-order valence-corrected chi connectivity index (χ1v) is 19.9. The molecule has 296 valence electrons. The van der Waals surface area contributed by atoms with E-state index in [9.17, 15) is 29.4 Å². The van der Waals surface area contributed by atoms with Gasteiger partial charge in [0.15, 0.2) is 11.5 Å². The van der Waals surface area contributed by atoms with Gasteiger partial charge in [-0.25, -0.2) is 9.59 Å². The number of hydrogen-bond donors (Lipinski definition) is 4. The summed E-state index contributed by atoms with van der Waals surface area (Å²) in [5, 5.41) is 26.1. The van der Waals surface area contributed by atoms with E-state index in [1.165, 1.54) is 12.1 Å². The van der Waals surface area contributed by atoms with Crippen LogP contribution in [0.5, 0.6) is 0 Å². The molecule has 1 saturated heterocycles. The van der Waals surface area contributed by atoms with Crippen LogP contribution in [0.3, 0.4) is 0 Å². The van der Waals surface area contributed by atoms with E-state index in [1.54, 1.807) is 19.9 Å². The number of ether oxygens (including phenoxy) is 3. The number of Topliss-reactive ketones (excluding diaryl/α,β-unsaturated/α-hetero) is 1. The predicted octanol–water partition coefficient (Wildman–Crippen LogP) is 8.69. The van der Waals surface area contributed by atoms with Gasteiger partial charge in [0.2, 0.25) is 0 Å². The zero-order valence-electron chi connectivity index (χ0n) is 31.8. The largest absolute Gasteiger partial charge is 0.511 e. The number of allylic oxidation sites excluding steroid dienone is 6. The molecule has 2 bridgehead atoms. The Morgan fingerprint density at radius 2 is 1.87 bits per heavy atom. The maximum Gasteiger partial charge on any atom is 0.346 e. The molecule has 6 rings (SSSR count). The Labute approximate surface area is 331 Å². The van der Waals surface area contributed by atoms with Gasteiger partial charge in [-0.05, 0) is 101 Å². The third-order valence-electron chi connectivity index (χ3n) is 12.2. The second-order valence-corrected chi connectivity index (χ2v) is 16.4. The number of epoxide rings is 1. The van der Waals surface area contributed by atoms with E-state index < -0.39 is 46.9 Å². The summed E-state index contributed by atoms with van der Waals surface area (Å²) in [6, 6.07) is 1.45. The number of esters is 1. The quantitative estimate of drug-likeness (QED) is 0.0913. The summed E-state index contributed by atoms with van der Waals surface area (Å²) in [4.78, 5) is 56.6. The zero-order valence-corrected chi connectivity index (χ0v) is 33.3. The molecule has 1 aromatic rings. The van der Waals surface area contributed by atoms with Gasteiger partial charge in [0, 0.05) is 23.3 Å². The number of carbonyl (C=O) groups is 4. The minimum absolute atomic E-state index is 0.0875. The van der Waals surface area contributed by atoms with Crippen LogP contribution in [-0.2, 0) is 28.6 Å². The van der Waals surface area contributed by atoms with E-state index in [0.29, 0.717) is 43.6 Å². The van der Waals surface area contributed by atoms with Crippen molar-refractivity contribution in [2.75, 3.05) is 0 Å². The van der Waals surface area contributed by atoms with Crippen molar-refractivity contribution in [1.82, 2.24) is 10.3 Å². The average molecular weight is 798 g/mol. The minimum Gasteiger partial charge on any atom is -0.511 e.